The highest BCUT2D eigenvalue weighted by Crippen LogP contribution is 2.34. The van der Waals surface area contributed by atoms with Crippen LogP contribution in [0.3, 0.4) is 0 Å². The molecule has 0 aliphatic carbocycles. The third-order valence-electron chi connectivity index (χ3n) is 2.88. The van der Waals surface area contributed by atoms with Crippen molar-refractivity contribution in [2.45, 2.75) is 33.1 Å². The molecule has 0 unspecified atom stereocenters. The quantitative estimate of drug-likeness (QED) is 0.582. The Morgan fingerprint density at radius 3 is 2.53 bits per heavy atom. The van der Waals surface area contributed by atoms with E-state index in [0.717, 1.165) is 22.6 Å². The lowest BCUT2D eigenvalue weighted by Gasteiger charge is -2.23. The monoisotopic (exact) mass is 282 g/mol. The van der Waals surface area contributed by atoms with Crippen molar-refractivity contribution in [2.24, 2.45) is 0 Å². The summed E-state index contributed by atoms with van der Waals surface area (Å²) in [5, 5.41) is 0. The van der Waals surface area contributed by atoms with Crippen LogP contribution in [0.4, 0.5) is 0 Å². The maximum absolute atomic E-state index is 5.85. The van der Waals surface area contributed by atoms with Crippen LogP contribution in [0.15, 0.2) is 29.8 Å². The maximum Gasteiger partial charge on any atom is 0.123 e. The van der Waals surface area contributed by atoms with E-state index in [0.29, 0.717) is 12.5 Å². The number of hydrogen-bond acceptors (Lipinski definition) is 2. The highest BCUT2D eigenvalue weighted by molar-refractivity contribution is 6.19. The van der Waals surface area contributed by atoms with Crippen molar-refractivity contribution in [3.8, 4) is 11.5 Å². The first-order valence-electron chi connectivity index (χ1n) is 6.41. The molecular weight excluding hydrogens is 260 g/mol. The Morgan fingerprint density at radius 1 is 1.32 bits per heavy atom. The van der Waals surface area contributed by atoms with Crippen LogP contribution in [0.2, 0.25) is 0 Å². The summed E-state index contributed by atoms with van der Waals surface area (Å²) in [5.74, 6) is 2.29. The molecule has 0 spiro atoms. The molecule has 0 heterocycles. The summed E-state index contributed by atoms with van der Waals surface area (Å²) in [4.78, 5) is 0. The predicted octanol–water partition coefficient (Wildman–Crippen LogP) is 4.56. The highest BCUT2D eigenvalue weighted by atomic mass is 35.5. The zero-order valence-corrected chi connectivity index (χ0v) is 13.2. The van der Waals surface area contributed by atoms with E-state index in [2.05, 4.69) is 20.8 Å². The molecule has 0 N–H and O–H groups in total. The highest BCUT2D eigenvalue weighted by Gasteiger charge is 2.19. The van der Waals surface area contributed by atoms with E-state index in [1.54, 1.807) is 7.11 Å². The van der Waals surface area contributed by atoms with Gasteiger partial charge < -0.3 is 9.47 Å². The van der Waals surface area contributed by atoms with Crippen LogP contribution in [0, 0.1) is 0 Å². The molecule has 3 heteroatoms. The van der Waals surface area contributed by atoms with E-state index in [9.17, 15) is 0 Å². The van der Waals surface area contributed by atoms with Crippen molar-refractivity contribution in [3.63, 3.8) is 0 Å². The van der Waals surface area contributed by atoms with Crippen LogP contribution in [-0.4, -0.2) is 19.6 Å². The molecule has 0 amide bonds. The van der Waals surface area contributed by atoms with Gasteiger partial charge in [-0.05, 0) is 36.6 Å². The van der Waals surface area contributed by atoms with E-state index in [4.69, 9.17) is 21.1 Å². The van der Waals surface area contributed by atoms with Crippen molar-refractivity contribution < 1.29 is 9.47 Å². The Hall–Kier alpha value is -1.15. The Kier molecular flexibility index (Phi) is 5.74. The number of halogens is 1. The largest absolute Gasteiger partial charge is 0.497 e. The molecule has 0 aromatic heterocycles. The first kappa shape index (κ1) is 15.9. The summed E-state index contributed by atoms with van der Waals surface area (Å²) < 4.78 is 11.1. The van der Waals surface area contributed by atoms with Gasteiger partial charge in [-0.2, -0.15) is 0 Å². The molecule has 1 aromatic carbocycles. The summed E-state index contributed by atoms with van der Waals surface area (Å²) in [6, 6.07) is 5.92. The first-order chi connectivity index (χ1) is 8.88. The molecule has 0 atom stereocenters. The topological polar surface area (TPSA) is 18.5 Å². The summed E-state index contributed by atoms with van der Waals surface area (Å²) in [6.45, 7) is 9.01. The van der Waals surface area contributed by atoms with Crippen molar-refractivity contribution in [1.82, 2.24) is 0 Å². The molecular formula is C16H23ClO2. The molecule has 19 heavy (non-hydrogen) atoms. The zero-order valence-electron chi connectivity index (χ0n) is 12.4. The number of allylic oxidation sites excluding steroid dienone is 1. The molecule has 2 nitrogen and oxygen atoms in total. The molecule has 106 valence electrons. The van der Waals surface area contributed by atoms with Gasteiger partial charge in [-0.25, -0.2) is 0 Å². The molecule has 0 saturated heterocycles. The minimum atomic E-state index is 0.00904. The molecule has 0 saturated carbocycles. The standard InChI is InChI=1S/C16H23ClO2/c1-12(11-17)8-9-19-15-7-6-13(18-5)10-14(15)16(2,3)4/h6-8,10H,9,11H2,1-5H3/b12-8+. The van der Waals surface area contributed by atoms with Gasteiger partial charge in [-0.3, -0.25) is 0 Å². The van der Waals surface area contributed by atoms with E-state index in [1.807, 2.05) is 31.2 Å². The van der Waals surface area contributed by atoms with Crippen LogP contribution >= 0.6 is 11.6 Å². The Balaban J connectivity index is 2.94. The second-order valence-electron chi connectivity index (χ2n) is 5.61. The SMILES string of the molecule is COc1ccc(OC/C=C(\C)CCl)c(C(C)(C)C)c1. The van der Waals surface area contributed by atoms with Gasteiger partial charge in [-0.1, -0.05) is 26.3 Å². The summed E-state index contributed by atoms with van der Waals surface area (Å²) in [7, 11) is 1.68. The molecule has 0 aliphatic rings. The number of hydrogen-bond donors (Lipinski definition) is 0. The van der Waals surface area contributed by atoms with E-state index in [1.165, 1.54) is 0 Å². The number of rotatable bonds is 5. The van der Waals surface area contributed by atoms with Crippen molar-refractivity contribution in [2.75, 3.05) is 19.6 Å². The van der Waals surface area contributed by atoms with Gasteiger partial charge in [0.15, 0.2) is 0 Å². The van der Waals surface area contributed by atoms with Crippen molar-refractivity contribution >= 4 is 11.6 Å². The molecule has 0 fully saturated rings. The van der Waals surface area contributed by atoms with Crippen molar-refractivity contribution in [1.29, 1.82) is 0 Å². The lowest BCUT2D eigenvalue weighted by Crippen LogP contribution is -2.14. The van der Waals surface area contributed by atoms with Gasteiger partial charge >= 0.3 is 0 Å². The average Bonchev–Trinajstić information content (AvgIpc) is 2.37. The minimum absolute atomic E-state index is 0.00904. The number of benzene rings is 1. The molecule has 1 rings (SSSR count). The van der Waals surface area contributed by atoms with Crippen LogP contribution in [-0.2, 0) is 5.41 Å². The average molecular weight is 283 g/mol. The second-order valence-corrected chi connectivity index (χ2v) is 5.87. The molecule has 0 aliphatic heterocycles. The van der Waals surface area contributed by atoms with Gasteiger partial charge in [0.25, 0.3) is 0 Å². The summed E-state index contributed by atoms with van der Waals surface area (Å²) in [6.07, 6.45) is 2.00. The van der Waals surface area contributed by atoms with Gasteiger partial charge in [0.2, 0.25) is 0 Å². The van der Waals surface area contributed by atoms with E-state index < -0.39 is 0 Å². The Labute approximate surface area is 121 Å². The first-order valence-corrected chi connectivity index (χ1v) is 6.95. The summed E-state index contributed by atoms with van der Waals surface area (Å²) in [5.41, 5.74) is 2.27. The number of alkyl halides is 1. The Morgan fingerprint density at radius 2 is 2.00 bits per heavy atom. The third-order valence-corrected chi connectivity index (χ3v) is 3.30. The second kappa shape index (κ2) is 6.85. The van der Waals surface area contributed by atoms with Crippen LogP contribution in [0.5, 0.6) is 11.5 Å². The lowest BCUT2D eigenvalue weighted by molar-refractivity contribution is 0.347. The third kappa shape index (κ3) is 4.79. The van der Waals surface area contributed by atoms with Crippen LogP contribution in [0.25, 0.3) is 0 Å². The van der Waals surface area contributed by atoms with E-state index in [-0.39, 0.29) is 5.41 Å². The fraction of sp³-hybridized carbons (Fsp3) is 0.500. The van der Waals surface area contributed by atoms with Gasteiger partial charge in [0.1, 0.15) is 18.1 Å². The summed E-state index contributed by atoms with van der Waals surface area (Å²) >= 11 is 5.74. The van der Waals surface area contributed by atoms with Crippen LogP contribution < -0.4 is 9.47 Å². The van der Waals surface area contributed by atoms with Gasteiger partial charge in [0, 0.05) is 11.4 Å². The number of methoxy groups -OCH3 is 1. The zero-order chi connectivity index (χ0) is 14.5. The van der Waals surface area contributed by atoms with Gasteiger partial charge in [0.05, 0.1) is 7.11 Å². The molecule has 1 aromatic rings. The fourth-order valence-corrected chi connectivity index (χ4v) is 1.79. The fourth-order valence-electron chi connectivity index (χ4n) is 1.68. The molecule has 0 radical (unpaired) electrons. The lowest BCUT2D eigenvalue weighted by atomic mass is 9.86. The van der Waals surface area contributed by atoms with Crippen molar-refractivity contribution in [3.05, 3.63) is 35.4 Å². The predicted molar refractivity (Wildman–Crippen MR) is 81.7 cm³/mol. The van der Waals surface area contributed by atoms with Gasteiger partial charge in [-0.15, -0.1) is 11.6 Å². The number of ether oxygens (including phenoxy) is 2. The van der Waals surface area contributed by atoms with Crippen LogP contribution in [0.1, 0.15) is 33.3 Å². The Bertz CT molecular complexity index is 445. The normalized spacial score (nSPS) is 12.4. The smallest absolute Gasteiger partial charge is 0.123 e. The minimum Gasteiger partial charge on any atom is -0.497 e. The molecule has 0 bridgehead atoms. The van der Waals surface area contributed by atoms with E-state index >= 15 is 0 Å². The maximum atomic E-state index is 5.85.